The van der Waals surface area contributed by atoms with Crippen molar-refractivity contribution < 1.29 is 22.4 Å². The molecular formula is C14H7BrF4O. The monoisotopic (exact) mass is 346 g/mol. The van der Waals surface area contributed by atoms with Crippen LogP contribution in [-0.4, -0.2) is 5.78 Å². The van der Waals surface area contributed by atoms with Gasteiger partial charge in [0.15, 0.2) is 11.6 Å². The van der Waals surface area contributed by atoms with Crippen molar-refractivity contribution in [2.24, 2.45) is 0 Å². The van der Waals surface area contributed by atoms with Gasteiger partial charge in [-0.25, -0.2) is 17.6 Å². The summed E-state index contributed by atoms with van der Waals surface area (Å²) >= 11 is 2.84. The number of Topliss-reactive ketones (excluding diaryl/α,β-unsaturated/α-hetero) is 1. The third-order valence-electron chi connectivity index (χ3n) is 2.61. The lowest BCUT2D eigenvalue weighted by Gasteiger charge is -2.06. The van der Waals surface area contributed by atoms with E-state index in [0.717, 1.165) is 24.3 Å². The summed E-state index contributed by atoms with van der Waals surface area (Å²) in [6, 6.07) is 4.59. The SMILES string of the molecule is O=C(Cc1cc(F)cc(F)c1)c1c(F)ccc(Br)c1F. The normalized spacial score (nSPS) is 10.7. The summed E-state index contributed by atoms with van der Waals surface area (Å²) in [6.45, 7) is 0. The average molecular weight is 347 g/mol. The van der Waals surface area contributed by atoms with E-state index in [0.29, 0.717) is 6.07 Å². The van der Waals surface area contributed by atoms with Crippen LogP contribution in [0.2, 0.25) is 0 Å². The molecule has 20 heavy (non-hydrogen) atoms. The van der Waals surface area contributed by atoms with E-state index in [1.165, 1.54) is 0 Å². The molecule has 2 rings (SSSR count). The molecule has 0 aliphatic heterocycles. The highest BCUT2D eigenvalue weighted by Crippen LogP contribution is 2.23. The summed E-state index contributed by atoms with van der Waals surface area (Å²) < 4.78 is 53.2. The van der Waals surface area contributed by atoms with E-state index in [-0.39, 0.29) is 10.0 Å². The molecule has 0 saturated heterocycles. The maximum Gasteiger partial charge on any atom is 0.173 e. The Balaban J connectivity index is 2.35. The van der Waals surface area contributed by atoms with Crippen molar-refractivity contribution in [1.29, 1.82) is 0 Å². The lowest BCUT2D eigenvalue weighted by Crippen LogP contribution is -2.10. The Hall–Kier alpha value is -1.69. The van der Waals surface area contributed by atoms with Gasteiger partial charge >= 0.3 is 0 Å². The molecule has 0 aliphatic carbocycles. The van der Waals surface area contributed by atoms with Crippen LogP contribution in [0.3, 0.4) is 0 Å². The van der Waals surface area contributed by atoms with Gasteiger partial charge in [-0.15, -0.1) is 0 Å². The number of halogens is 5. The fourth-order valence-corrected chi connectivity index (χ4v) is 2.10. The van der Waals surface area contributed by atoms with Crippen LogP contribution in [0, 0.1) is 23.3 Å². The molecule has 0 aliphatic rings. The molecule has 2 aromatic rings. The zero-order valence-corrected chi connectivity index (χ0v) is 11.5. The Labute approximate surface area is 120 Å². The van der Waals surface area contributed by atoms with Crippen LogP contribution in [0.5, 0.6) is 0 Å². The lowest BCUT2D eigenvalue weighted by atomic mass is 10.0. The largest absolute Gasteiger partial charge is 0.294 e. The van der Waals surface area contributed by atoms with E-state index in [1.54, 1.807) is 0 Å². The minimum Gasteiger partial charge on any atom is -0.294 e. The molecule has 0 bridgehead atoms. The first-order valence-corrected chi connectivity index (χ1v) is 6.29. The Morgan fingerprint density at radius 1 is 1.00 bits per heavy atom. The Bertz CT molecular complexity index is 665. The molecule has 0 heterocycles. The zero-order chi connectivity index (χ0) is 14.9. The van der Waals surface area contributed by atoms with E-state index >= 15 is 0 Å². The number of carbonyl (C=O) groups excluding carboxylic acids is 1. The highest BCUT2D eigenvalue weighted by Gasteiger charge is 2.20. The van der Waals surface area contributed by atoms with Gasteiger partial charge in [-0.05, 0) is 45.8 Å². The summed E-state index contributed by atoms with van der Waals surface area (Å²) in [4.78, 5) is 11.9. The molecule has 0 spiro atoms. The number of hydrogen-bond acceptors (Lipinski definition) is 1. The summed E-state index contributed by atoms with van der Waals surface area (Å²) in [6.07, 6.45) is -0.501. The van der Waals surface area contributed by atoms with E-state index in [9.17, 15) is 22.4 Å². The number of benzene rings is 2. The van der Waals surface area contributed by atoms with E-state index in [4.69, 9.17) is 0 Å². The molecule has 0 radical (unpaired) electrons. The van der Waals surface area contributed by atoms with Gasteiger partial charge in [0.1, 0.15) is 17.5 Å². The highest BCUT2D eigenvalue weighted by molar-refractivity contribution is 9.10. The first-order chi connectivity index (χ1) is 9.38. The van der Waals surface area contributed by atoms with E-state index in [1.807, 2.05) is 0 Å². The Morgan fingerprint density at radius 2 is 1.60 bits per heavy atom. The van der Waals surface area contributed by atoms with Crippen LogP contribution in [0.25, 0.3) is 0 Å². The fraction of sp³-hybridized carbons (Fsp3) is 0.0714. The number of hydrogen-bond donors (Lipinski definition) is 0. The minimum absolute atomic E-state index is 0.00581. The second-order valence-corrected chi connectivity index (χ2v) is 4.95. The molecule has 0 unspecified atom stereocenters. The van der Waals surface area contributed by atoms with Crippen LogP contribution < -0.4 is 0 Å². The van der Waals surface area contributed by atoms with E-state index < -0.39 is 41.0 Å². The van der Waals surface area contributed by atoms with Crippen LogP contribution in [0.1, 0.15) is 15.9 Å². The molecule has 0 N–H and O–H groups in total. The predicted octanol–water partition coefficient (Wildman–Crippen LogP) is 4.43. The first-order valence-electron chi connectivity index (χ1n) is 5.50. The fourth-order valence-electron chi connectivity index (χ4n) is 1.77. The second-order valence-electron chi connectivity index (χ2n) is 4.10. The van der Waals surface area contributed by atoms with Crippen LogP contribution >= 0.6 is 15.9 Å². The van der Waals surface area contributed by atoms with Crippen molar-refractivity contribution in [3.8, 4) is 0 Å². The van der Waals surface area contributed by atoms with Gasteiger partial charge in [-0.3, -0.25) is 4.79 Å². The van der Waals surface area contributed by atoms with Crippen LogP contribution in [-0.2, 0) is 6.42 Å². The standard InChI is InChI=1S/C14H7BrF4O/c15-10-1-2-11(18)13(14(10)19)12(20)5-7-3-8(16)6-9(17)4-7/h1-4,6H,5H2. The topological polar surface area (TPSA) is 17.1 Å². The molecule has 0 fully saturated rings. The molecule has 0 aromatic heterocycles. The highest BCUT2D eigenvalue weighted by atomic mass is 79.9. The van der Waals surface area contributed by atoms with Crippen molar-refractivity contribution in [1.82, 2.24) is 0 Å². The molecule has 104 valence electrons. The van der Waals surface area contributed by atoms with Gasteiger partial charge in [0, 0.05) is 12.5 Å². The summed E-state index contributed by atoms with van der Waals surface area (Å²) in [5, 5.41) is 0. The average Bonchev–Trinajstić information content (AvgIpc) is 2.33. The maximum absolute atomic E-state index is 13.7. The predicted molar refractivity (Wildman–Crippen MR) is 68.5 cm³/mol. The molecule has 1 nitrogen and oxygen atoms in total. The molecule has 6 heteroatoms. The number of ketones is 1. The lowest BCUT2D eigenvalue weighted by molar-refractivity contribution is 0.0984. The van der Waals surface area contributed by atoms with Crippen molar-refractivity contribution in [2.75, 3.05) is 0 Å². The second kappa shape index (κ2) is 5.75. The van der Waals surface area contributed by atoms with Crippen molar-refractivity contribution in [3.05, 3.63) is 69.2 Å². The van der Waals surface area contributed by atoms with Crippen LogP contribution in [0.15, 0.2) is 34.8 Å². The van der Waals surface area contributed by atoms with Gasteiger partial charge < -0.3 is 0 Å². The smallest absolute Gasteiger partial charge is 0.173 e. The molecule has 0 saturated carbocycles. The van der Waals surface area contributed by atoms with Gasteiger partial charge in [-0.2, -0.15) is 0 Å². The summed E-state index contributed by atoms with van der Waals surface area (Å²) in [5.41, 5.74) is -0.727. The van der Waals surface area contributed by atoms with Gasteiger partial charge in [-0.1, -0.05) is 0 Å². The summed E-state index contributed by atoms with van der Waals surface area (Å²) in [5.74, 6) is -4.67. The Kier molecular flexibility index (Phi) is 4.23. The van der Waals surface area contributed by atoms with Gasteiger partial charge in [0.2, 0.25) is 0 Å². The third-order valence-corrected chi connectivity index (χ3v) is 3.22. The first kappa shape index (κ1) is 14.7. The minimum atomic E-state index is -1.04. The van der Waals surface area contributed by atoms with E-state index in [2.05, 4.69) is 15.9 Å². The Morgan fingerprint density at radius 3 is 2.20 bits per heavy atom. The summed E-state index contributed by atoms with van der Waals surface area (Å²) in [7, 11) is 0. The van der Waals surface area contributed by atoms with Crippen molar-refractivity contribution in [3.63, 3.8) is 0 Å². The van der Waals surface area contributed by atoms with Gasteiger partial charge in [0.25, 0.3) is 0 Å². The molecule has 0 amide bonds. The maximum atomic E-state index is 13.7. The number of rotatable bonds is 3. The molecule has 0 atom stereocenters. The third kappa shape index (κ3) is 3.07. The number of carbonyl (C=O) groups is 1. The van der Waals surface area contributed by atoms with Crippen molar-refractivity contribution in [2.45, 2.75) is 6.42 Å². The zero-order valence-electron chi connectivity index (χ0n) is 9.89. The quantitative estimate of drug-likeness (QED) is 0.456. The van der Waals surface area contributed by atoms with Crippen LogP contribution in [0.4, 0.5) is 17.6 Å². The molecular weight excluding hydrogens is 340 g/mol. The van der Waals surface area contributed by atoms with Gasteiger partial charge in [0.05, 0.1) is 10.0 Å². The van der Waals surface area contributed by atoms with Crippen molar-refractivity contribution >= 4 is 21.7 Å². The molecule has 2 aromatic carbocycles.